The summed E-state index contributed by atoms with van der Waals surface area (Å²) in [5.41, 5.74) is 5.35. The molecule has 0 aliphatic heterocycles. The maximum atomic E-state index is 5.74. The quantitative estimate of drug-likeness (QED) is 0.664. The lowest BCUT2D eigenvalue weighted by Crippen LogP contribution is -2.02. The minimum atomic E-state index is 0.498. The number of hydrogen-bond acceptors (Lipinski definition) is 1. The molecule has 1 heteroatoms. The predicted octanol–water partition coefficient (Wildman–Crippen LogP) is 5.80. The lowest BCUT2D eigenvalue weighted by molar-refractivity contribution is 0.606. The van der Waals surface area contributed by atoms with Crippen molar-refractivity contribution in [3.05, 3.63) is 35.1 Å². The molecule has 0 saturated heterocycles. The SMILES string of the molecule is CC(C)c1cc(C(C)C)c2occc2c1C(C)C. The van der Waals surface area contributed by atoms with Crippen LogP contribution in [0.15, 0.2) is 22.8 Å². The van der Waals surface area contributed by atoms with Gasteiger partial charge < -0.3 is 4.42 Å². The second-order valence-corrected chi connectivity index (χ2v) is 6.10. The third kappa shape index (κ3) is 2.07. The van der Waals surface area contributed by atoms with Crippen LogP contribution in [0.25, 0.3) is 11.0 Å². The van der Waals surface area contributed by atoms with Gasteiger partial charge >= 0.3 is 0 Å². The van der Waals surface area contributed by atoms with Gasteiger partial charge in [-0.1, -0.05) is 47.6 Å². The molecule has 0 fully saturated rings. The van der Waals surface area contributed by atoms with Crippen LogP contribution in [0.4, 0.5) is 0 Å². The second kappa shape index (κ2) is 4.79. The van der Waals surface area contributed by atoms with E-state index >= 15 is 0 Å². The molecule has 2 rings (SSSR count). The van der Waals surface area contributed by atoms with E-state index in [2.05, 4.69) is 53.7 Å². The Labute approximate surface area is 110 Å². The van der Waals surface area contributed by atoms with E-state index in [1.807, 2.05) is 6.26 Å². The van der Waals surface area contributed by atoms with E-state index in [1.54, 1.807) is 0 Å². The third-order valence-electron chi connectivity index (χ3n) is 3.66. The Kier molecular flexibility index (Phi) is 3.52. The Bertz CT molecular complexity index is 544. The summed E-state index contributed by atoms with van der Waals surface area (Å²) in [6.07, 6.45) is 1.83. The van der Waals surface area contributed by atoms with Gasteiger partial charge in [0.05, 0.1) is 6.26 Å². The van der Waals surface area contributed by atoms with E-state index in [1.165, 1.54) is 22.1 Å². The van der Waals surface area contributed by atoms with Gasteiger partial charge in [0.25, 0.3) is 0 Å². The van der Waals surface area contributed by atoms with Gasteiger partial charge in [0.1, 0.15) is 5.58 Å². The average molecular weight is 244 g/mol. The number of hydrogen-bond donors (Lipinski definition) is 0. The molecule has 1 aromatic heterocycles. The molecular weight excluding hydrogens is 220 g/mol. The summed E-state index contributed by atoms with van der Waals surface area (Å²) in [4.78, 5) is 0. The molecular formula is C17H24O. The first-order valence-electron chi connectivity index (χ1n) is 6.97. The van der Waals surface area contributed by atoms with Gasteiger partial charge in [0.2, 0.25) is 0 Å². The van der Waals surface area contributed by atoms with Gasteiger partial charge in [-0.3, -0.25) is 0 Å². The van der Waals surface area contributed by atoms with Gasteiger partial charge in [-0.05, 0) is 40.5 Å². The first-order chi connectivity index (χ1) is 8.43. The Balaban J connectivity index is 2.84. The minimum absolute atomic E-state index is 0.498. The van der Waals surface area contributed by atoms with Crippen molar-refractivity contribution in [2.24, 2.45) is 0 Å². The zero-order valence-electron chi connectivity index (χ0n) is 12.4. The monoisotopic (exact) mass is 244 g/mol. The van der Waals surface area contributed by atoms with Crippen molar-refractivity contribution in [3.8, 4) is 0 Å². The highest BCUT2D eigenvalue weighted by molar-refractivity contribution is 5.86. The van der Waals surface area contributed by atoms with Crippen molar-refractivity contribution < 1.29 is 4.42 Å². The van der Waals surface area contributed by atoms with Crippen LogP contribution in [-0.4, -0.2) is 0 Å². The minimum Gasteiger partial charge on any atom is -0.464 e. The van der Waals surface area contributed by atoms with Gasteiger partial charge in [-0.25, -0.2) is 0 Å². The van der Waals surface area contributed by atoms with Crippen molar-refractivity contribution in [2.45, 2.75) is 59.3 Å². The van der Waals surface area contributed by atoms with E-state index in [0.29, 0.717) is 17.8 Å². The summed E-state index contributed by atoms with van der Waals surface area (Å²) in [5, 5.41) is 1.31. The molecule has 0 aliphatic rings. The van der Waals surface area contributed by atoms with Gasteiger partial charge in [-0.2, -0.15) is 0 Å². The molecule has 0 spiro atoms. The first kappa shape index (κ1) is 13.2. The number of benzene rings is 1. The zero-order valence-corrected chi connectivity index (χ0v) is 12.4. The third-order valence-corrected chi connectivity index (χ3v) is 3.66. The molecule has 1 aromatic carbocycles. The molecule has 1 nitrogen and oxygen atoms in total. The molecule has 2 aromatic rings. The normalized spacial score (nSPS) is 12.3. The van der Waals surface area contributed by atoms with Crippen molar-refractivity contribution in [2.75, 3.05) is 0 Å². The summed E-state index contributed by atoms with van der Waals surface area (Å²) in [7, 11) is 0. The van der Waals surface area contributed by atoms with Crippen molar-refractivity contribution in [1.82, 2.24) is 0 Å². The van der Waals surface area contributed by atoms with Crippen LogP contribution < -0.4 is 0 Å². The van der Waals surface area contributed by atoms with Crippen LogP contribution in [0.5, 0.6) is 0 Å². The highest BCUT2D eigenvalue weighted by atomic mass is 16.3. The summed E-state index contributed by atoms with van der Waals surface area (Å²) in [6.45, 7) is 13.5. The fourth-order valence-corrected chi connectivity index (χ4v) is 2.76. The maximum Gasteiger partial charge on any atom is 0.137 e. The van der Waals surface area contributed by atoms with Crippen LogP contribution in [0.1, 0.15) is 76.0 Å². The molecule has 0 amide bonds. The van der Waals surface area contributed by atoms with E-state index in [4.69, 9.17) is 4.42 Å². The lowest BCUT2D eigenvalue weighted by atomic mass is 9.84. The van der Waals surface area contributed by atoms with Crippen LogP contribution in [0.3, 0.4) is 0 Å². The van der Waals surface area contributed by atoms with Gasteiger partial charge in [-0.15, -0.1) is 0 Å². The maximum absolute atomic E-state index is 5.74. The highest BCUT2D eigenvalue weighted by Gasteiger charge is 2.19. The molecule has 0 unspecified atom stereocenters. The lowest BCUT2D eigenvalue weighted by Gasteiger charge is -2.20. The summed E-state index contributed by atoms with van der Waals surface area (Å²) >= 11 is 0. The van der Waals surface area contributed by atoms with Crippen LogP contribution in [0, 0.1) is 0 Å². The Hall–Kier alpha value is -1.24. The molecule has 98 valence electrons. The average Bonchev–Trinajstić information content (AvgIpc) is 2.73. The molecule has 0 saturated carbocycles. The number of furan rings is 1. The van der Waals surface area contributed by atoms with Crippen LogP contribution >= 0.6 is 0 Å². The standard InChI is InChI=1S/C17H24O/c1-10(2)14-9-15(11(3)4)17-13(7-8-18-17)16(14)12(5)6/h7-12H,1-6H3. The van der Waals surface area contributed by atoms with Gasteiger partial charge in [0, 0.05) is 5.39 Å². The second-order valence-electron chi connectivity index (χ2n) is 6.10. The van der Waals surface area contributed by atoms with Crippen molar-refractivity contribution in [1.29, 1.82) is 0 Å². The fraction of sp³-hybridized carbons (Fsp3) is 0.529. The van der Waals surface area contributed by atoms with Gasteiger partial charge in [0.15, 0.2) is 0 Å². The van der Waals surface area contributed by atoms with E-state index in [-0.39, 0.29) is 0 Å². The smallest absolute Gasteiger partial charge is 0.137 e. The molecule has 18 heavy (non-hydrogen) atoms. The Morgan fingerprint density at radius 2 is 1.44 bits per heavy atom. The molecule has 0 bridgehead atoms. The molecule has 0 radical (unpaired) electrons. The van der Waals surface area contributed by atoms with E-state index in [9.17, 15) is 0 Å². The molecule has 0 N–H and O–H groups in total. The van der Waals surface area contributed by atoms with Crippen LogP contribution in [0.2, 0.25) is 0 Å². The van der Waals surface area contributed by atoms with Crippen molar-refractivity contribution >= 4 is 11.0 Å². The first-order valence-corrected chi connectivity index (χ1v) is 6.97. The number of rotatable bonds is 3. The topological polar surface area (TPSA) is 13.1 Å². The molecule has 0 aliphatic carbocycles. The van der Waals surface area contributed by atoms with Crippen LogP contribution in [-0.2, 0) is 0 Å². The predicted molar refractivity (Wildman–Crippen MR) is 78.5 cm³/mol. The highest BCUT2D eigenvalue weighted by Crippen LogP contribution is 2.38. The zero-order chi connectivity index (χ0) is 13.4. The summed E-state index contributed by atoms with van der Waals surface area (Å²) in [6, 6.07) is 4.49. The Morgan fingerprint density at radius 3 is 1.94 bits per heavy atom. The van der Waals surface area contributed by atoms with E-state index in [0.717, 1.165) is 5.58 Å². The summed E-state index contributed by atoms with van der Waals surface area (Å²) in [5.74, 6) is 1.58. The molecule has 1 heterocycles. The number of fused-ring (bicyclic) bond motifs is 1. The largest absolute Gasteiger partial charge is 0.464 e. The van der Waals surface area contributed by atoms with Crippen molar-refractivity contribution in [3.63, 3.8) is 0 Å². The Morgan fingerprint density at radius 1 is 0.833 bits per heavy atom. The van der Waals surface area contributed by atoms with E-state index < -0.39 is 0 Å². The fourth-order valence-electron chi connectivity index (χ4n) is 2.76. The molecule has 0 atom stereocenters. The summed E-state index contributed by atoms with van der Waals surface area (Å²) < 4.78 is 5.74.